The summed E-state index contributed by atoms with van der Waals surface area (Å²) >= 11 is 5.87. The average molecular weight is 497 g/mol. The number of hydrogen-bond acceptors (Lipinski definition) is 4. The van der Waals surface area contributed by atoms with Crippen LogP contribution in [-0.4, -0.2) is 22.8 Å². The third-order valence-corrected chi connectivity index (χ3v) is 5.11. The predicted octanol–water partition coefficient (Wildman–Crippen LogP) is 5.02. The lowest BCUT2D eigenvalue weighted by atomic mass is 10.1. The Bertz CT molecular complexity index is 1320. The molecule has 4 rings (SSSR count). The summed E-state index contributed by atoms with van der Waals surface area (Å²) in [5.74, 6) is -14.1. The minimum absolute atomic E-state index is 0.00737. The first kappa shape index (κ1) is 23.3. The van der Waals surface area contributed by atoms with Crippen molar-refractivity contribution in [3.05, 3.63) is 98.8 Å². The highest BCUT2D eigenvalue weighted by molar-refractivity contribution is 6.31. The second kappa shape index (κ2) is 8.84. The fraction of sp³-hybridized carbons (Fsp3) is 0.0455. The first-order valence-corrected chi connectivity index (χ1v) is 9.71. The number of halogens is 6. The SMILES string of the molecule is O=C(Nc1c(F)c(F)c(F)c(F)c1F)c1cc(Cl)ccc1CON1C(=O)c2ccccc2C1=O. The highest BCUT2D eigenvalue weighted by Gasteiger charge is 2.36. The molecule has 0 aliphatic carbocycles. The summed E-state index contributed by atoms with van der Waals surface area (Å²) in [6.07, 6.45) is 0. The Morgan fingerprint density at radius 3 is 1.94 bits per heavy atom. The molecule has 1 heterocycles. The van der Waals surface area contributed by atoms with E-state index in [0.29, 0.717) is 5.06 Å². The van der Waals surface area contributed by atoms with E-state index in [0.717, 1.165) is 6.07 Å². The van der Waals surface area contributed by atoms with Gasteiger partial charge in [0.05, 0.1) is 11.1 Å². The quantitative estimate of drug-likeness (QED) is 0.233. The fourth-order valence-corrected chi connectivity index (χ4v) is 3.37. The Balaban J connectivity index is 1.60. The molecule has 0 unspecified atom stereocenters. The molecule has 3 aromatic rings. The zero-order chi connectivity index (χ0) is 24.7. The van der Waals surface area contributed by atoms with Crippen molar-refractivity contribution >= 4 is 35.0 Å². The van der Waals surface area contributed by atoms with Crippen LogP contribution in [0.15, 0.2) is 42.5 Å². The molecule has 0 atom stereocenters. The minimum atomic E-state index is -2.38. The van der Waals surface area contributed by atoms with Crippen molar-refractivity contribution < 1.29 is 41.2 Å². The molecule has 12 heteroatoms. The van der Waals surface area contributed by atoms with Crippen molar-refractivity contribution in [1.29, 1.82) is 0 Å². The molecule has 174 valence electrons. The zero-order valence-corrected chi connectivity index (χ0v) is 17.4. The highest BCUT2D eigenvalue weighted by atomic mass is 35.5. The van der Waals surface area contributed by atoms with Gasteiger partial charge in [-0.3, -0.25) is 19.2 Å². The van der Waals surface area contributed by atoms with Crippen LogP contribution in [-0.2, 0) is 11.4 Å². The topological polar surface area (TPSA) is 75.7 Å². The first-order chi connectivity index (χ1) is 16.1. The number of amides is 3. The number of imide groups is 1. The standard InChI is InChI=1S/C22H10ClF5N2O4/c23-10-6-5-9(8-34-30-21(32)11-3-1-2-4-12(11)22(30)33)13(7-10)20(31)29-19-17(27)15(25)14(24)16(26)18(19)28/h1-7H,8H2,(H,29,31). The molecule has 3 aromatic carbocycles. The lowest BCUT2D eigenvalue weighted by molar-refractivity contribution is -0.101. The summed E-state index contributed by atoms with van der Waals surface area (Å²) in [5.41, 5.74) is -1.73. The van der Waals surface area contributed by atoms with Crippen LogP contribution >= 0.6 is 11.6 Å². The molecular weight excluding hydrogens is 487 g/mol. The van der Waals surface area contributed by atoms with Gasteiger partial charge >= 0.3 is 0 Å². The van der Waals surface area contributed by atoms with E-state index in [9.17, 15) is 36.3 Å². The van der Waals surface area contributed by atoms with E-state index < -0.39 is 59.1 Å². The first-order valence-electron chi connectivity index (χ1n) is 9.33. The van der Waals surface area contributed by atoms with E-state index >= 15 is 0 Å². The number of carbonyl (C=O) groups is 3. The number of fused-ring (bicyclic) bond motifs is 1. The number of anilines is 1. The van der Waals surface area contributed by atoms with Crippen molar-refractivity contribution in [2.24, 2.45) is 0 Å². The van der Waals surface area contributed by atoms with E-state index in [1.165, 1.54) is 24.3 Å². The van der Waals surface area contributed by atoms with Crippen LogP contribution < -0.4 is 5.32 Å². The monoisotopic (exact) mass is 496 g/mol. The maximum absolute atomic E-state index is 14.0. The van der Waals surface area contributed by atoms with Gasteiger partial charge in [0.15, 0.2) is 23.3 Å². The number of carbonyl (C=O) groups excluding carboxylic acids is 3. The van der Waals surface area contributed by atoms with Crippen LogP contribution in [0.5, 0.6) is 0 Å². The molecule has 1 aliphatic rings. The average Bonchev–Trinajstić information content (AvgIpc) is 3.08. The molecule has 3 amide bonds. The van der Waals surface area contributed by atoms with Gasteiger partial charge < -0.3 is 5.32 Å². The second-order valence-corrected chi connectivity index (χ2v) is 7.36. The molecular formula is C22H10ClF5N2O4. The molecule has 0 radical (unpaired) electrons. The van der Waals surface area contributed by atoms with Crippen LogP contribution in [0.25, 0.3) is 0 Å². The van der Waals surface area contributed by atoms with Gasteiger partial charge in [-0.2, -0.15) is 0 Å². The predicted molar refractivity (Wildman–Crippen MR) is 107 cm³/mol. The number of nitrogens with one attached hydrogen (secondary N) is 1. The number of hydroxylamine groups is 2. The number of rotatable bonds is 5. The van der Waals surface area contributed by atoms with Crippen LogP contribution in [0.2, 0.25) is 5.02 Å². The molecule has 0 spiro atoms. The summed E-state index contributed by atoms with van der Waals surface area (Å²) in [5, 5.41) is 2.10. The lowest BCUT2D eigenvalue weighted by Crippen LogP contribution is -2.30. The van der Waals surface area contributed by atoms with Gasteiger partial charge in [0, 0.05) is 10.6 Å². The Labute approximate surface area is 192 Å². The van der Waals surface area contributed by atoms with Crippen LogP contribution in [0.1, 0.15) is 36.6 Å². The van der Waals surface area contributed by atoms with Crippen molar-refractivity contribution in [3.63, 3.8) is 0 Å². The molecule has 0 aromatic heterocycles. The van der Waals surface area contributed by atoms with E-state index in [-0.39, 0.29) is 27.3 Å². The summed E-state index contributed by atoms with van der Waals surface area (Å²) < 4.78 is 68.1. The van der Waals surface area contributed by atoms with Gasteiger partial charge in [0.25, 0.3) is 17.7 Å². The maximum atomic E-state index is 14.0. The van der Waals surface area contributed by atoms with Crippen LogP contribution in [0, 0.1) is 29.1 Å². The van der Waals surface area contributed by atoms with Crippen molar-refractivity contribution in [3.8, 4) is 0 Å². The van der Waals surface area contributed by atoms with Gasteiger partial charge in [0.2, 0.25) is 5.82 Å². The van der Waals surface area contributed by atoms with E-state index in [4.69, 9.17) is 16.4 Å². The minimum Gasteiger partial charge on any atom is -0.317 e. The van der Waals surface area contributed by atoms with Crippen LogP contribution in [0.4, 0.5) is 27.6 Å². The molecule has 1 aliphatic heterocycles. The molecule has 0 bridgehead atoms. The second-order valence-electron chi connectivity index (χ2n) is 6.92. The smallest absolute Gasteiger partial charge is 0.285 e. The molecule has 34 heavy (non-hydrogen) atoms. The number of benzene rings is 3. The number of nitrogens with zero attached hydrogens (tertiary/aromatic N) is 1. The fourth-order valence-electron chi connectivity index (χ4n) is 3.20. The van der Waals surface area contributed by atoms with Crippen molar-refractivity contribution in [2.45, 2.75) is 6.61 Å². The molecule has 1 N–H and O–H groups in total. The molecule has 0 saturated heterocycles. The summed E-state index contributed by atoms with van der Waals surface area (Å²) in [6, 6.07) is 9.56. The highest BCUT2D eigenvalue weighted by Crippen LogP contribution is 2.29. The Hall–Kier alpha value is -3.83. The van der Waals surface area contributed by atoms with Gasteiger partial charge in [0.1, 0.15) is 12.3 Å². The number of hydrogen-bond donors (Lipinski definition) is 1. The maximum Gasteiger partial charge on any atom is 0.285 e. The zero-order valence-electron chi connectivity index (χ0n) is 16.6. The molecule has 6 nitrogen and oxygen atoms in total. The van der Waals surface area contributed by atoms with Crippen molar-refractivity contribution in [2.75, 3.05) is 5.32 Å². The van der Waals surface area contributed by atoms with Crippen LogP contribution in [0.3, 0.4) is 0 Å². The Morgan fingerprint density at radius 1 is 0.853 bits per heavy atom. The van der Waals surface area contributed by atoms with E-state index in [1.807, 2.05) is 0 Å². The summed E-state index contributed by atoms with van der Waals surface area (Å²) in [4.78, 5) is 42.7. The molecule has 0 fully saturated rings. The summed E-state index contributed by atoms with van der Waals surface area (Å²) in [7, 11) is 0. The normalized spacial score (nSPS) is 12.8. The third kappa shape index (κ3) is 3.88. The van der Waals surface area contributed by atoms with E-state index in [2.05, 4.69) is 0 Å². The molecule has 0 saturated carbocycles. The Morgan fingerprint density at radius 2 is 1.38 bits per heavy atom. The Kier molecular flexibility index (Phi) is 6.07. The van der Waals surface area contributed by atoms with Gasteiger partial charge in [-0.15, -0.1) is 5.06 Å². The lowest BCUT2D eigenvalue weighted by Gasteiger charge is -2.16. The van der Waals surface area contributed by atoms with Gasteiger partial charge in [-0.05, 0) is 29.8 Å². The third-order valence-electron chi connectivity index (χ3n) is 4.87. The van der Waals surface area contributed by atoms with Gasteiger partial charge in [-0.25, -0.2) is 22.0 Å². The largest absolute Gasteiger partial charge is 0.317 e. The van der Waals surface area contributed by atoms with Gasteiger partial charge in [-0.1, -0.05) is 29.8 Å². The van der Waals surface area contributed by atoms with E-state index in [1.54, 1.807) is 17.4 Å². The van der Waals surface area contributed by atoms with Crippen molar-refractivity contribution in [1.82, 2.24) is 5.06 Å². The summed E-state index contributed by atoms with van der Waals surface area (Å²) in [6.45, 7) is -0.553.